The van der Waals surface area contributed by atoms with Gasteiger partial charge in [0, 0.05) is 12.8 Å². The van der Waals surface area contributed by atoms with Crippen LogP contribution < -0.4 is 14.2 Å². The Morgan fingerprint density at radius 1 is 0.941 bits per heavy atom. The Balaban J connectivity index is 1.54. The molecule has 34 heavy (non-hydrogen) atoms. The second kappa shape index (κ2) is 12.7. The molecule has 5 heteroatoms. The molecule has 3 aromatic carbocycles. The highest BCUT2D eigenvalue weighted by Crippen LogP contribution is 2.33. The molecule has 0 N–H and O–H groups in total. The average Bonchev–Trinajstić information content (AvgIpc) is 2.84. The van der Waals surface area contributed by atoms with E-state index in [0.717, 1.165) is 47.0 Å². The lowest BCUT2D eigenvalue weighted by molar-refractivity contribution is -0.140. The zero-order valence-corrected chi connectivity index (χ0v) is 20.5. The molecule has 3 rings (SSSR count). The van der Waals surface area contributed by atoms with E-state index >= 15 is 0 Å². The molecular formula is C29H34O5. The largest absolute Gasteiger partial charge is 0.491 e. The van der Waals surface area contributed by atoms with Crippen LogP contribution in [0.4, 0.5) is 0 Å². The van der Waals surface area contributed by atoms with Crippen LogP contribution in [0, 0.1) is 6.92 Å². The van der Waals surface area contributed by atoms with E-state index in [1.807, 2.05) is 74.5 Å². The molecule has 1 atom stereocenters. The SMILES string of the molecule is CCc1ccc(OCCC(C)Oc2ccc(CCC(=O)OC)c(C)c2)c(Oc2ccccc2)c1. The van der Waals surface area contributed by atoms with Gasteiger partial charge in [-0.25, -0.2) is 0 Å². The van der Waals surface area contributed by atoms with E-state index in [2.05, 4.69) is 13.0 Å². The third-order valence-electron chi connectivity index (χ3n) is 5.65. The molecule has 0 radical (unpaired) electrons. The fourth-order valence-electron chi connectivity index (χ4n) is 3.57. The van der Waals surface area contributed by atoms with Crippen molar-refractivity contribution in [3.05, 3.63) is 83.4 Å². The molecule has 0 saturated carbocycles. The van der Waals surface area contributed by atoms with Gasteiger partial charge < -0.3 is 18.9 Å². The Morgan fingerprint density at radius 3 is 2.44 bits per heavy atom. The number of methoxy groups -OCH3 is 1. The van der Waals surface area contributed by atoms with Gasteiger partial charge in [0.15, 0.2) is 11.5 Å². The normalized spacial score (nSPS) is 11.5. The number of hydrogen-bond donors (Lipinski definition) is 0. The molecule has 1 unspecified atom stereocenters. The number of hydrogen-bond acceptors (Lipinski definition) is 5. The molecule has 0 saturated heterocycles. The standard InChI is InChI=1S/C29H34O5/c1-5-23-11-15-27(28(20-23)34-25-9-7-6-8-10-25)32-18-17-22(3)33-26-14-12-24(21(2)19-26)13-16-29(30)31-4/h6-12,14-15,19-20,22H,5,13,16-18H2,1-4H3. The van der Waals surface area contributed by atoms with Gasteiger partial charge in [-0.3, -0.25) is 4.79 Å². The second-order valence-corrected chi connectivity index (χ2v) is 8.28. The van der Waals surface area contributed by atoms with Crippen molar-refractivity contribution in [1.82, 2.24) is 0 Å². The van der Waals surface area contributed by atoms with Crippen LogP contribution in [0.15, 0.2) is 66.7 Å². The van der Waals surface area contributed by atoms with E-state index in [1.165, 1.54) is 12.7 Å². The number of para-hydroxylation sites is 1. The van der Waals surface area contributed by atoms with Gasteiger partial charge in [-0.15, -0.1) is 0 Å². The quantitative estimate of drug-likeness (QED) is 0.281. The summed E-state index contributed by atoms with van der Waals surface area (Å²) in [5.41, 5.74) is 3.42. The first-order valence-electron chi connectivity index (χ1n) is 11.8. The summed E-state index contributed by atoms with van der Waals surface area (Å²) in [6, 6.07) is 21.8. The molecule has 0 bridgehead atoms. The lowest BCUT2D eigenvalue weighted by Gasteiger charge is -2.18. The number of rotatable bonds is 12. The van der Waals surface area contributed by atoms with Crippen molar-refractivity contribution in [2.24, 2.45) is 0 Å². The minimum atomic E-state index is -0.199. The minimum Gasteiger partial charge on any atom is -0.491 e. The fourth-order valence-corrected chi connectivity index (χ4v) is 3.57. The van der Waals surface area contributed by atoms with Crippen molar-refractivity contribution < 1.29 is 23.7 Å². The molecule has 0 aliphatic carbocycles. The Labute approximate surface area is 202 Å². The van der Waals surface area contributed by atoms with Crippen molar-refractivity contribution in [2.45, 2.75) is 52.6 Å². The summed E-state index contributed by atoms with van der Waals surface area (Å²) in [7, 11) is 1.41. The fraction of sp³-hybridized carbons (Fsp3) is 0.345. The van der Waals surface area contributed by atoms with Gasteiger partial charge in [0.05, 0.1) is 19.8 Å². The van der Waals surface area contributed by atoms with Crippen molar-refractivity contribution in [3.63, 3.8) is 0 Å². The van der Waals surface area contributed by atoms with Crippen LogP contribution in [0.1, 0.15) is 43.4 Å². The van der Waals surface area contributed by atoms with Crippen molar-refractivity contribution in [1.29, 1.82) is 0 Å². The van der Waals surface area contributed by atoms with E-state index in [4.69, 9.17) is 18.9 Å². The molecule has 0 aliphatic heterocycles. The van der Waals surface area contributed by atoms with E-state index < -0.39 is 0 Å². The molecule has 180 valence electrons. The number of ether oxygens (including phenoxy) is 4. The van der Waals surface area contributed by atoms with Crippen LogP contribution in [-0.2, 0) is 22.4 Å². The third kappa shape index (κ3) is 7.55. The van der Waals surface area contributed by atoms with Crippen LogP contribution in [0.5, 0.6) is 23.0 Å². The van der Waals surface area contributed by atoms with Gasteiger partial charge in [0.25, 0.3) is 0 Å². The van der Waals surface area contributed by atoms with Crippen molar-refractivity contribution >= 4 is 5.97 Å². The topological polar surface area (TPSA) is 54.0 Å². The summed E-state index contributed by atoms with van der Waals surface area (Å²) >= 11 is 0. The molecule has 0 amide bonds. The minimum absolute atomic E-state index is 0.0197. The van der Waals surface area contributed by atoms with Crippen molar-refractivity contribution in [3.8, 4) is 23.0 Å². The van der Waals surface area contributed by atoms with E-state index in [9.17, 15) is 4.79 Å². The first-order valence-corrected chi connectivity index (χ1v) is 11.8. The molecular weight excluding hydrogens is 428 g/mol. The predicted octanol–water partition coefficient (Wildman–Crippen LogP) is 6.69. The summed E-state index contributed by atoms with van der Waals surface area (Å²) < 4.78 is 23.0. The molecule has 3 aromatic rings. The predicted molar refractivity (Wildman–Crippen MR) is 134 cm³/mol. The first kappa shape index (κ1) is 25.2. The maximum atomic E-state index is 11.4. The Hall–Kier alpha value is -3.47. The highest BCUT2D eigenvalue weighted by molar-refractivity contribution is 5.69. The van der Waals surface area contributed by atoms with Gasteiger partial charge in [0.1, 0.15) is 11.5 Å². The molecule has 0 aromatic heterocycles. The lowest BCUT2D eigenvalue weighted by atomic mass is 10.0. The number of aryl methyl sites for hydroxylation is 3. The average molecular weight is 463 g/mol. The van der Waals surface area contributed by atoms with Gasteiger partial charge in [-0.05, 0) is 79.8 Å². The summed E-state index contributed by atoms with van der Waals surface area (Å²) in [5, 5.41) is 0. The Morgan fingerprint density at radius 2 is 1.74 bits per heavy atom. The molecule has 0 heterocycles. The molecule has 0 aliphatic rings. The van der Waals surface area contributed by atoms with E-state index in [-0.39, 0.29) is 12.1 Å². The van der Waals surface area contributed by atoms with Crippen LogP contribution in [0.25, 0.3) is 0 Å². The summed E-state index contributed by atoms with van der Waals surface area (Å²) in [6.07, 6.45) is 2.67. The van der Waals surface area contributed by atoms with Gasteiger partial charge >= 0.3 is 5.97 Å². The number of carbonyl (C=O) groups excluding carboxylic acids is 1. The Kier molecular flexibility index (Phi) is 9.39. The molecule has 5 nitrogen and oxygen atoms in total. The van der Waals surface area contributed by atoms with E-state index in [1.54, 1.807) is 0 Å². The Bertz CT molecular complexity index is 1060. The molecule has 0 fully saturated rings. The number of esters is 1. The summed E-state index contributed by atoms with van der Waals surface area (Å²) in [4.78, 5) is 11.4. The van der Waals surface area contributed by atoms with Crippen LogP contribution in [0.2, 0.25) is 0 Å². The lowest BCUT2D eigenvalue weighted by Crippen LogP contribution is -2.16. The van der Waals surface area contributed by atoms with Crippen LogP contribution >= 0.6 is 0 Å². The molecule has 0 spiro atoms. The number of carbonyl (C=O) groups is 1. The zero-order valence-electron chi connectivity index (χ0n) is 20.5. The summed E-state index contributed by atoms with van der Waals surface area (Å²) in [6.45, 7) is 6.69. The zero-order chi connectivity index (χ0) is 24.3. The summed E-state index contributed by atoms with van der Waals surface area (Å²) in [5.74, 6) is 2.83. The van der Waals surface area contributed by atoms with Gasteiger partial charge in [-0.1, -0.05) is 37.3 Å². The van der Waals surface area contributed by atoms with Crippen molar-refractivity contribution in [2.75, 3.05) is 13.7 Å². The van der Waals surface area contributed by atoms with E-state index in [0.29, 0.717) is 19.4 Å². The second-order valence-electron chi connectivity index (χ2n) is 8.28. The highest BCUT2D eigenvalue weighted by Gasteiger charge is 2.11. The monoisotopic (exact) mass is 462 g/mol. The first-order chi connectivity index (χ1) is 16.5. The van der Waals surface area contributed by atoms with Crippen LogP contribution in [-0.4, -0.2) is 25.8 Å². The van der Waals surface area contributed by atoms with Gasteiger partial charge in [0.2, 0.25) is 0 Å². The maximum absolute atomic E-state index is 11.4. The maximum Gasteiger partial charge on any atom is 0.305 e. The third-order valence-corrected chi connectivity index (χ3v) is 5.65. The van der Waals surface area contributed by atoms with Gasteiger partial charge in [-0.2, -0.15) is 0 Å². The highest BCUT2D eigenvalue weighted by atomic mass is 16.5. The smallest absolute Gasteiger partial charge is 0.305 e. The number of benzene rings is 3. The van der Waals surface area contributed by atoms with Crippen LogP contribution in [0.3, 0.4) is 0 Å².